The summed E-state index contributed by atoms with van der Waals surface area (Å²) in [6.07, 6.45) is 0. The highest BCUT2D eigenvalue weighted by molar-refractivity contribution is 6.13. The third kappa shape index (κ3) is 4.11. The first-order valence-electron chi connectivity index (χ1n) is 21.2. The molecular formula is C58H48. The second-order valence-corrected chi connectivity index (χ2v) is 19.7. The predicted molar refractivity (Wildman–Crippen MR) is 245 cm³/mol. The second-order valence-electron chi connectivity index (χ2n) is 19.7. The van der Waals surface area contributed by atoms with Gasteiger partial charge in [0.1, 0.15) is 0 Å². The molecule has 0 aliphatic heterocycles. The van der Waals surface area contributed by atoms with Crippen LogP contribution >= 0.6 is 0 Å². The number of fused-ring (bicyclic) bond motifs is 16. The first kappa shape index (κ1) is 34.1. The van der Waals surface area contributed by atoms with E-state index in [1.54, 1.807) is 0 Å². The van der Waals surface area contributed by atoms with Gasteiger partial charge in [-0.3, -0.25) is 0 Å². The molecule has 8 aromatic rings. The van der Waals surface area contributed by atoms with E-state index < -0.39 is 0 Å². The van der Waals surface area contributed by atoms with Gasteiger partial charge in [-0.1, -0.05) is 177 Å². The summed E-state index contributed by atoms with van der Waals surface area (Å²) in [4.78, 5) is 0. The number of benzene rings is 8. The Labute approximate surface area is 343 Å². The van der Waals surface area contributed by atoms with Crippen LogP contribution in [0.2, 0.25) is 0 Å². The van der Waals surface area contributed by atoms with Crippen molar-refractivity contribution in [1.82, 2.24) is 0 Å². The second kappa shape index (κ2) is 10.9. The Balaban J connectivity index is 1.00. The first-order valence-corrected chi connectivity index (χ1v) is 21.2. The molecule has 0 bridgehead atoms. The largest absolute Gasteiger partial charge is 0.0619 e. The molecule has 0 unspecified atom stereocenters. The molecule has 8 aromatic carbocycles. The summed E-state index contributed by atoms with van der Waals surface area (Å²) in [6.45, 7) is 19.4. The van der Waals surface area contributed by atoms with Gasteiger partial charge in [-0.25, -0.2) is 0 Å². The minimum absolute atomic E-state index is 0.0307. The fourth-order valence-electron chi connectivity index (χ4n) is 12.2. The van der Waals surface area contributed by atoms with Crippen molar-refractivity contribution in [2.24, 2.45) is 0 Å². The van der Waals surface area contributed by atoms with Crippen molar-refractivity contribution >= 4 is 10.8 Å². The molecule has 0 saturated heterocycles. The van der Waals surface area contributed by atoms with Gasteiger partial charge in [-0.05, 0) is 146 Å². The van der Waals surface area contributed by atoms with Crippen LogP contribution in [0.1, 0.15) is 99.9 Å². The zero-order valence-electron chi connectivity index (χ0n) is 34.9. The molecule has 0 radical (unpaired) electrons. The van der Waals surface area contributed by atoms with E-state index in [1.165, 1.54) is 122 Å². The summed E-state index contributed by atoms with van der Waals surface area (Å²) in [5, 5.41) is 2.72. The maximum absolute atomic E-state index is 2.52. The van der Waals surface area contributed by atoms with Gasteiger partial charge in [0.2, 0.25) is 0 Å². The van der Waals surface area contributed by atoms with Crippen molar-refractivity contribution in [3.05, 3.63) is 190 Å². The molecular weight excluding hydrogens is 697 g/mol. The normalized spacial score (nSPS) is 17.2. The molecule has 0 saturated carbocycles. The minimum Gasteiger partial charge on any atom is -0.0619 e. The van der Waals surface area contributed by atoms with Gasteiger partial charge in [0, 0.05) is 21.7 Å². The van der Waals surface area contributed by atoms with Crippen LogP contribution in [0.4, 0.5) is 0 Å². The van der Waals surface area contributed by atoms with E-state index in [0.29, 0.717) is 0 Å². The molecule has 12 rings (SSSR count). The average Bonchev–Trinajstić information content (AvgIpc) is 3.80. The molecule has 0 aromatic heterocycles. The minimum atomic E-state index is -0.191. The summed E-state index contributed by atoms with van der Waals surface area (Å²) < 4.78 is 0. The summed E-state index contributed by atoms with van der Waals surface area (Å²) in [5.41, 5.74) is 27.4. The molecule has 0 amide bonds. The molecule has 0 heterocycles. The van der Waals surface area contributed by atoms with Crippen LogP contribution in [0.25, 0.3) is 77.5 Å². The zero-order chi connectivity index (χ0) is 39.7. The van der Waals surface area contributed by atoms with Crippen molar-refractivity contribution in [2.75, 3.05) is 0 Å². The SMILES string of the molecule is CC1(C)c2ccccc2-c2ccc(-c3ccc4c(c3)C(C)(C)c3c5c(c6ccccc6c3-4)-c3ccc(-c4ccc6c(c4)C(C)(C)c4ccccc4-6)cc3C5(C)C)cc21. The molecule has 0 spiro atoms. The van der Waals surface area contributed by atoms with Gasteiger partial charge >= 0.3 is 0 Å². The average molecular weight is 745 g/mol. The zero-order valence-corrected chi connectivity index (χ0v) is 34.9. The van der Waals surface area contributed by atoms with E-state index in [2.05, 4.69) is 201 Å². The Kier molecular flexibility index (Phi) is 6.43. The van der Waals surface area contributed by atoms with Crippen LogP contribution in [-0.2, 0) is 21.7 Å². The highest BCUT2D eigenvalue weighted by atomic mass is 14.5. The predicted octanol–water partition coefficient (Wildman–Crippen LogP) is 15.4. The summed E-state index contributed by atoms with van der Waals surface area (Å²) in [5.74, 6) is 0. The van der Waals surface area contributed by atoms with Gasteiger partial charge in [0.05, 0.1) is 0 Å². The highest BCUT2D eigenvalue weighted by Gasteiger charge is 2.48. The van der Waals surface area contributed by atoms with Crippen LogP contribution in [0, 0.1) is 0 Å². The molecule has 0 fully saturated rings. The maximum atomic E-state index is 2.52. The van der Waals surface area contributed by atoms with Crippen LogP contribution in [-0.4, -0.2) is 0 Å². The Morgan fingerprint density at radius 1 is 0.259 bits per heavy atom. The van der Waals surface area contributed by atoms with Crippen LogP contribution in [0.3, 0.4) is 0 Å². The molecule has 0 N–H and O–H groups in total. The number of rotatable bonds is 2. The van der Waals surface area contributed by atoms with Crippen LogP contribution in [0.5, 0.6) is 0 Å². The van der Waals surface area contributed by atoms with E-state index in [1.807, 2.05) is 0 Å². The fraction of sp³-hybridized carbons (Fsp3) is 0.207. The van der Waals surface area contributed by atoms with E-state index in [0.717, 1.165) is 0 Å². The molecule has 58 heavy (non-hydrogen) atoms. The van der Waals surface area contributed by atoms with E-state index in [-0.39, 0.29) is 21.7 Å². The third-order valence-electron chi connectivity index (χ3n) is 15.2. The Morgan fingerprint density at radius 3 is 0.931 bits per heavy atom. The highest BCUT2D eigenvalue weighted by Crippen LogP contribution is 2.63. The monoisotopic (exact) mass is 744 g/mol. The van der Waals surface area contributed by atoms with Gasteiger partial charge in [0.15, 0.2) is 0 Å². The molecule has 0 nitrogen and oxygen atoms in total. The summed E-state index contributed by atoms with van der Waals surface area (Å²) >= 11 is 0. The first-order chi connectivity index (χ1) is 27.8. The Morgan fingerprint density at radius 2 is 0.552 bits per heavy atom. The lowest BCUT2D eigenvalue weighted by Crippen LogP contribution is -2.24. The lowest BCUT2D eigenvalue weighted by atomic mass is 9.71. The Hall–Kier alpha value is -5.98. The molecule has 0 heteroatoms. The molecule has 0 atom stereocenters. The lowest BCUT2D eigenvalue weighted by molar-refractivity contribution is 0.602. The Bertz CT molecular complexity index is 2940. The standard InChI is InChI=1S/C58H48/c1-55(2)45-19-13-11-15-37(45)39-25-21-33(29-47(39)55)35-23-27-43-49(31-35)57(5,6)53-51(43)41-17-9-10-18-42(41)52-44-28-24-36(32-50(44)58(7,8)54(52)53)34-22-26-40-38-16-12-14-20-46(38)56(3,4)48(40)30-34/h9-32H,1-8H3. The van der Waals surface area contributed by atoms with Gasteiger partial charge in [-0.15, -0.1) is 0 Å². The van der Waals surface area contributed by atoms with Crippen molar-refractivity contribution in [3.8, 4) is 66.8 Å². The molecule has 280 valence electrons. The molecule has 4 aliphatic carbocycles. The smallest absolute Gasteiger partial charge is 0.0162 e. The maximum Gasteiger partial charge on any atom is 0.0162 e. The van der Waals surface area contributed by atoms with E-state index >= 15 is 0 Å². The lowest BCUT2D eigenvalue weighted by Gasteiger charge is -2.31. The van der Waals surface area contributed by atoms with Gasteiger partial charge in [-0.2, -0.15) is 0 Å². The molecule has 4 aliphatic rings. The van der Waals surface area contributed by atoms with Crippen molar-refractivity contribution in [1.29, 1.82) is 0 Å². The van der Waals surface area contributed by atoms with Gasteiger partial charge < -0.3 is 0 Å². The quantitative estimate of drug-likeness (QED) is 0.165. The van der Waals surface area contributed by atoms with E-state index in [4.69, 9.17) is 0 Å². The van der Waals surface area contributed by atoms with Crippen molar-refractivity contribution in [3.63, 3.8) is 0 Å². The van der Waals surface area contributed by atoms with Crippen LogP contribution < -0.4 is 0 Å². The fourth-order valence-corrected chi connectivity index (χ4v) is 12.2. The van der Waals surface area contributed by atoms with Crippen molar-refractivity contribution < 1.29 is 0 Å². The number of hydrogen-bond donors (Lipinski definition) is 0. The summed E-state index contributed by atoms with van der Waals surface area (Å²) in [7, 11) is 0. The van der Waals surface area contributed by atoms with E-state index in [9.17, 15) is 0 Å². The summed E-state index contributed by atoms with van der Waals surface area (Å²) in [6, 6.07) is 56.1. The van der Waals surface area contributed by atoms with Gasteiger partial charge in [0.25, 0.3) is 0 Å². The number of hydrogen-bond acceptors (Lipinski definition) is 0. The third-order valence-corrected chi connectivity index (χ3v) is 15.2. The topological polar surface area (TPSA) is 0 Å². The van der Waals surface area contributed by atoms with Crippen molar-refractivity contribution in [2.45, 2.75) is 77.0 Å². The van der Waals surface area contributed by atoms with Crippen LogP contribution in [0.15, 0.2) is 146 Å².